The number of fused-ring (bicyclic) bond motifs is 5. The molecule has 0 amide bonds. The molecule has 0 atom stereocenters. The first-order valence-corrected chi connectivity index (χ1v) is 13.6. The van der Waals surface area contributed by atoms with Crippen molar-refractivity contribution in [1.29, 1.82) is 0 Å². The molecule has 0 aliphatic heterocycles. The maximum Gasteiger partial charge on any atom is 0.137 e. The van der Waals surface area contributed by atoms with E-state index < -0.39 is 0 Å². The normalized spacial score (nSPS) is 11.5. The summed E-state index contributed by atoms with van der Waals surface area (Å²) in [6.45, 7) is 0. The lowest BCUT2D eigenvalue weighted by Gasteiger charge is -2.29. The zero-order valence-electron chi connectivity index (χ0n) is 21.8. The fourth-order valence-electron chi connectivity index (χ4n) is 5.94. The van der Waals surface area contributed by atoms with Crippen LogP contribution < -0.4 is 4.90 Å². The highest BCUT2D eigenvalue weighted by atomic mass is 16.3. The Kier molecular flexibility index (Phi) is 5.17. The van der Waals surface area contributed by atoms with Crippen LogP contribution in [0.2, 0.25) is 0 Å². The Hall–Kier alpha value is -5.34. The second kappa shape index (κ2) is 9.14. The molecule has 0 spiro atoms. The minimum absolute atomic E-state index is 0.855. The van der Waals surface area contributed by atoms with Crippen molar-refractivity contribution in [3.63, 3.8) is 0 Å². The first-order chi connectivity index (χ1) is 19.8. The number of anilines is 3. The third kappa shape index (κ3) is 3.65. The van der Waals surface area contributed by atoms with E-state index in [0.29, 0.717) is 0 Å². The number of nitrogens with zero attached hydrogens (tertiary/aromatic N) is 1. The number of rotatable bonds is 4. The SMILES string of the molecule is c1ccc(N(c2ccc3c(ccc4ccccc43)c2)c2cccc3ccccc23)c(-c2cc3ccccc3o2)c1. The molecule has 0 bridgehead atoms. The molecule has 0 aliphatic carbocycles. The van der Waals surface area contributed by atoms with Gasteiger partial charge in [0.05, 0.1) is 11.4 Å². The molecule has 1 aromatic heterocycles. The highest BCUT2D eigenvalue weighted by molar-refractivity contribution is 6.09. The molecule has 0 saturated heterocycles. The molecular formula is C38H25NO. The summed E-state index contributed by atoms with van der Waals surface area (Å²) in [5, 5.41) is 8.49. The first-order valence-electron chi connectivity index (χ1n) is 13.6. The van der Waals surface area contributed by atoms with Gasteiger partial charge in [-0.05, 0) is 69.4 Å². The van der Waals surface area contributed by atoms with Crippen LogP contribution in [0.15, 0.2) is 156 Å². The average Bonchev–Trinajstić information content (AvgIpc) is 3.46. The van der Waals surface area contributed by atoms with Crippen LogP contribution in [-0.2, 0) is 0 Å². The molecule has 40 heavy (non-hydrogen) atoms. The van der Waals surface area contributed by atoms with E-state index in [9.17, 15) is 0 Å². The molecule has 0 fully saturated rings. The average molecular weight is 512 g/mol. The molecule has 1 heterocycles. The Morgan fingerprint density at radius 2 is 1.02 bits per heavy atom. The molecule has 0 radical (unpaired) electrons. The van der Waals surface area contributed by atoms with Crippen LogP contribution in [0, 0.1) is 0 Å². The number of furan rings is 1. The summed E-state index contributed by atoms with van der Waals surface area (Å²) in [7, 11) is 0. The lowest BCUT2D eigenvalue weighted by Crippen LogP contribution is -2.11. The van der Waals surface area contributed by atoms with Gasteiger partial charge in [0, 0.05) is 22.0 Å². The Morgan fingerprint density at radius 3 is 1.90 bits per heavy atom. The smallest absolute Gasteiger partial charge is 0.137 e. The highest BCUT2D eigenvalue weighted by Gasteiger charge is 2.21. The summed E-state index contributed by atoms with van der Waals surface area (Å²) in [6.07, 6.45) is 0. The lowest BCUT2D eigenvalue weighted by atomic mass is 10.00. The standard InChI is InChI=1S/C38H25NO/c1-4-14-31-27(11-1)20-21-28-24-30(22-23-32(28)31)39(35-18-9-13-26-10-2-5-15-33(26)35)36-17-7-6-16-34(36)38-25-29-12-3-8-19-37(29)40-38/h1-25H. The molecule has 0 N–H and O–H groups in total. The monoisotopic (exact) mass is 511 g/mol. The van der Waals surface area contributed by atoms with E-state index in [1.54, 1.807) is 0 Å². The third-order valence-corrected chi connectivity index (χ3v) is 7.83. The Bertz CT molecular complexity index is 2150. The fourth-order valence-corrected chi connectivity index (χ4v) is 5.94. The number of para-hydroxylation sites is 2. The van der Waals surface area contributed by atoms with E-state index in [-0.39, 0.29) is 0 Å². The van der Waals surface area contributed by atoms with Crippen molar-refractivity contribution in [1.82, 2.24) is 0 Å². The van der Waals surface area contributed by atoms with Gasteiger partial charge in [0.2, 0.25) is 0 Å². The molecular weight excluding hydrogens is 486 g/mol. The van der Waals surface area contributed by atoms with Crippen molar-refractivity contribution < 1.29 is 4.42 Å². The summed E-state index contributed by atoms with van der Waals surface area (Å²) in [4.78, 5) is 2.37. The predicted molar refractivity (Wildman–Crippen MR) is 169 cm³/mol. The Balaban J connectivity index is 1.40. The van der Waals surface area contributed by atoms with E-state index in [0.717, 1.165) is 39.4 Å². The van der Waals surface area contributed by atoms with E-state index in [1.807, 2.05) is 12.1 Å². The van der Waals surface area contributed by atoms with Gasteiger partial charge < -0.3 is 9.32 Å². The van der Waals surface area contributed by atoms with Gasteiger partial charge in [-0.25, -0.2) is 0 Å². The fraction of sp³-hybridized carbons (Fsp3) is 0. The maximum atomic E-state index is 6.40. The van der Waals surface area contributed by atoms with Crippen LogP contribution in [-0.4, -0.2) is 0 Å². The minimum atomic E-state index is 0.855. The van der Waals surface area contributed by atoms with E-state index in [1.165, 1.54) is 32.3 Å². The van der Waals surface area contributed by atoms with Gasteiger partial charge in [0.25, 0.3) is 0 Å². The number of hydrogen-bond donors (Lipinski definition) is 0. The van der Waals surface area contributed by atoms with Gasteiger partial charge in [-0.1, -0.05) is 109 Å². The van der Waals surface area contributed by atoms with Gasteiger partial charge in [-0.2, -0.15) is 0 Å². The molecule has 2 heteroatoms. The number of benzene rings is 7. The molecule has 0 aliphatic rings. The van der Waals surface area contributed by atoms with Crippen LogP contribution in [0.4, 0.5) is 17.1 Å². The molecule has 2 nitrogen and oxygen atoms in total. The molecule has 8 aromatic rings. The molecule has 7 aromatic carbocycles. The molecule has 0 saturated carbocycles. The quantitative estimate of drug-likeness (QED) is 0.218. The van der Waals surface area contributed by atoms with Gasteiger partial charge >= 0.3 is 0 Å². The van der Waals surface area contributed by atoms with E-state index in [2.05, 4.69) is 144 Å². The van der Waals surface area contributed by atoms with Crippen LogP contribution in [0.5, 0.6) is 0 Å². The van der Waals surface area contributed by atoms with E-state index >= 15 is 0 Å². The highest BCUT2D eigenvalue weighted by Crippen LogP contribution is 2.45. The summed E-state index contributed by atoms with van der Waals surface area (Å²) in [5.74, 6) is 0.855. The van der Waals surface area contributed by atoms with Crippen LogP contribution >= 0.6 is 0 Å². The van der Waals surface area contributed by atoms with E-state index in [4.69, 9.17) is 4.42 Å². The van der Waals surface area contributed by atoms with Crippen LogP contribution in [0.3, 0.4) is 0 Å². The second-order valence-corrected chi connectivity index (χ2v) is 10.2. The third-order valence-electron chi connectivity index (χ3n) is 7.83. The summed E-state index contributed by atoms with van der Waals surface area (Å²) < 4.78 is 6.40. The van der Waals surface area contributed by atoms with Crippen LogP contribution in [0.1, 0.15) is 0 Å². The van der Waals surface area contributed by atoms with Gasteiger partial charge in [-0.15, -0.1) is 0 Å². The lowest BCUT2D eigenvalue weighted by molar-refractivity contribution is 0.631. The van der Waals surface area contributed by atoms with Gasteiger partial charge in [0.15, 0.2) is 0 Å². The minimum Gasteiger partial charge on any atom is -0.456 e. The van der Waals surface area contributed by atoms with Crippen molar-refractivity contribution in [2.75, 3.05) is 4.90 Å². The van der Waals surface area contributed by atoms with Crippen molar-refractivity contribution in [3.8, 4) is 11.3 Å². The summed E-state index contributed by atoms with van der Waals surface area (Å²) in [5.41, 5.74) is 5.23. The van der Waals surface area contributed by atoms with Gasteiger partial charge in [0.1, 0.15) is 11.3 Å². The molecule has 188 valence electrons. The molecule has 0 unspecified atom stereocenters. The number of hydrogen-bond acceptors (Lipinski definition) is 2. The van der Waals surface area contributed by atoms with Gasteiger partial charge in [-0.3, -0.25) is 0 Å². The topological polar surface area (TPSA) is 16.4 Å². The summed E-state index contributed by atoms with van der Waals surface area (Å²) >= 11 is 0. The zero-order valence-corrected chi connectivity index (χ0v) is 21.8. The van der Waals surface area contributed by atoms with Crippen molar-refractivity contribution in [2.45, 2.75) is 0 Å². The summed E-state index contributed by atoms with van der Waals surface area (Å²) in [6, 6.07) is 53.8. The van der Waals surface area contributed by atoms with Crippen molar-refractivity contribution in [2.24, 2.45) is 0 Å². The second-order valence-electron chi connectivity index (χ2n) is 10.2. The first kappa shape index (κ1) is 22.6. The largest absolute Gasteiger partial charge is 0.456 e. The van der Waals surface area contributed by atoms with Crippen molar-refractivity contribution in [3.05, 3.63) is 152 Å². The predicted octanol–water partition coefficient (Wildman–Crippen LogP) is 11.0. The maximum absolute atomic E-state index is 6.40. The zero-order chi connectivity index (χ0) is 26.5. The Morgan fingerprint density at radius 1 is 0.400 bits per heavy atom. The molecule has 8 rings (SSSR count). The Labute approximate surface area is 232 Å². The van der Waals surface area contributed by atoms with Crippen LogP contribution in [0.25, 0.3) is 54.6 Å². The van der Waals surface area contributed by atoms with Crippen molar-refractivity contribution >= 4 is 60.3 Å².